The summed E-state index contributed by atoms with van der Waals surface area (Å²) in [7, 11) is 1.54. The first kappa shape index (κ1) is 20.2. The molecule has 0 amide bonds. The molecular weight excluding hydrogens is 389 g/mol. The topological polar surface area (TPSA) is 87.7 Å². The SMILES string of the molecule is COc1cc(CN2CCC(c3nc4ccc(F)cc4[nH]3)CC2)ccc1OCC(=O)O. The lowest BCUT2D eigenvalue weighted by molar-refractivity contribution is -0.139. The Kier molecular flexibility index (Phi) is 5.85. The Hall–Kier alpha value is -3.13. The van der Waals surface area contributed by atoms with Crippen LogP contribution in [0.5, 0.6) is 11.5 Å². The van der Waals surface area contributed by atoms with Gasteiger partial charge in [-0.2, -0.15) is 0 Å². The molecule has 0 aliphatic carbocycles. The van der Waals surface area contributed by atoms with Gasteiger partial charge in [-0.1, -0.05) is 6.07 Å². The van der Waals surface area contributed by atoms with Gasteiger partial charge in [0.05, 0.1) is 18.1 Å². The van der Waals surface area contributed by atoms with Crippen molar-refractivity contribution in [3.05, 3.63) is 53.6 Å². The van der Waals surface area contributed by atoms with Gasteiger partial charge in [0, 0.05) is 12.5 Å². The molecular formula is C22H24FN3O4. The number of methoxy groups -OCH3 is 1. The fourth-order valence-corrected chi connectivity index (χ4v) is 3.89. The molecule has 0 unspecified atom stereocenters. The molecule has 0 bridgehead atoms. The molecule has 30 heavy (non-hydrogen) atoms. The number of aromatic nitrogens is 2. The minimum atomic E-state index is -1.03. The number of fused-ring (bicyclic) bond motifs is 1. The van der Waals surface area contributed by atoms with E-state index in [2.05, 4.69) is 14.9 Å². The molecule has 0 atom stereocenters. The molecule has 0 radical (unpaired) electrons. The zero-order valence-corrected chi connectivity index (χ0v) is 16.7. The Morgan fingerprint density at radius 1 is 1.23 bits per heavy atom. The lowest BCUT2D eigenvalue weighted by atomic mass is 9.96. The van der Waals surface area contributed by atoms with Crippen LogP contribution in [0.1, 0.15) is 30.1 Å². The Labute approximate surface area is 173 Å². The number of hydrogen-bond donors (Lipinski definition) is 2. The van der Waals surface area contributed by atoms with Gasteiger partial charge in [-0.3, -0.25) is 4.90 Å². The Morgan fingerprint density at radius 2 is 2.03 bits per heavy atom. The number of nitrogens with zero attached hydrogens (tertiary/aromatic N) is 2. The number of aromatic amines is 1. The van der Waals surface area contributed by atoms with E-state index in [1.807, 2.05) is 12.1 Å². The summed E-state index contributed by atoms with van der Waals surface area (Å²) in [5, 5.41) is 8.77. The van der Waals surface area contributed by atoms with Crippen LogP contribution in [0.15, 0.2) is 36.4 Å². The maximum atomic E-state index is 13.4. The molecule has 7 nitrogen and oxygen atoms in total. The van der Waals surface area contributed by atoms with Crippen LogP contribution in [0.3, 0.4) is 0 Å². The monoisotopic (exact) mass is 413 g/mol. The average molecular weight is 413 g/mol. The van der Waals surface area contributed by atoms with E-state index in [-0.39, 0.29) is 5.82 Å². The number of likely N-dealkylation sites (tertiary alicyclic amines) is 1. The van der Waals surface area contributed by atoms with Gasteiger partial charge in [0.15, 0.2) is 18.1 Å². The highest BCUT2D eigenvalue weighted by Gasteiger charge is 2.23. The molecule has 2 aromatic carbocycles. The van der Waals surface area contributed by atoms with E-state index in [9.17, 15) is 9.18 Å². The summed E-state index contributed by atoms with van der Waals surface area (Å²) in [6.45, 7) is 2.22. The molecule has 3 aromatic rings. The van der Waals surface area contributed by atoms with Gasteiger partial charge in [-0.15, -0.1) is 0 Å². The molecule has 2 heterocycles. The van der Waals surface area contributed by atoms with Crippen LogP contribution in [0, 0.1) is 5.82 Å². The summed E-state index contributed by atoms with van der Waals surface area (Å²) in [4.78, 5) is 21.0. The number of rotatable bonds is 7. The van der Waals surface area contributed by atoms with E-state index in [4.69, 9.17) is 14.6 Å². The second-order valence-electron chi connectivity index (χ2n) is 7.50. The van der Waals surface area contributed by atoms with E-state index in [0.29, 0.717) is 17.4 Å². The molecule has 2 N–H and O–H groups in total. The van der Waals surface area contributed by atoms with Gasteiger partial charge < -0.3 is 19.6 Å². The van der Waals surface area contributed by atoms with Crippen molar-refractivity contribution in [2.75, 3.05) is 26.8 Å². The predicted octanol–water partition coefficient (Wildman–Crippen LogP) is 3.55. The van der Waals surface area contributed by atoms with Gasteiger partial charge >= 0.3 is 5.97 Å². The van der Waals surface area contributed by atoms with E-state index >= 15 is 0 Å². The van der Waals surface area contributed by atoms with Crippen molar-refractivity contribution in [1.82, 2.24) is 14.9 Å². The van der Waals surface area contributed by atoms with Crippen LogP contribution in [-0.4, -0.2) is 52.7 Å². The Balaban J connectivity index is 1.36. The van der Waals surface area contributed by atoms with Gasteiger partial charge in [0.1, 0.15) is 11.6 Å². The summed E-state index contributed by atoms with van der Waals surface area (Å²) in [5.41, 5.74) is 2.61. The summed E-state index contributed by atoms with van der Waals surface area (Å²) < 4.78 is 24.0. The largest absolute Gasteiger partial charge is 0.493 e. The molecule has 0 saturated carbocycles. The third-order valence-electron chi connectivity index (χ3n) is 5.42. The number of carbonyl (C=O) groups is 1. The number of nitrogens with one attached hydrogen (secondary N) is 1. The van der Waals surface area contributed by atoms with Crippen molar-refractivity contribution in [3.63, 3.8) is 0 Å². The first-order chi connectivity index (χ1) is 14.5. The molecule has 1 aromatic heterocycles. The normalized spacial score (nSPS) is 15.4. The minimum absolute atomic E-state index is 0.262. The van der Waals surface area contributed by atoms with Gasteiger partial charge in [-0.25, -0.2) is 14.2 Å². The van der Waals surface area contributed by atoms with Crippen LogP contribution < -0.4 is 9.47 Å². The summed E-state index contributed by atoms with van der Waals surface area (Å²) in [6, 6.07) is 10.2. The van der Waals surface area contributed by atoms with Gasteiger partial charge in [0.25, 0.3) is 0 Å². The quantitative estimate of drug-likeness (QED) is 0.616. The maximum Gasteiger partial charge on any atom is 0.341 e. The number of halogens is 1. The average Bonchev–Trinajstić information content (AvgIpc) is 3.16. The lowest BCUT2D eigenvalue weighted by Crippen LogP contribution is -2.32. The van der Waals surface area contributed by atoms with Crippen LogP contribution >= 0.6 is 0 Å². The van der Waals surface area contributed by atoms with Crippen molar-refractivity contribution in [1.29, 1.82) is 0 Å². The second-order valence-corrected chi connectivity index (χ2v) is 7.50. The zero-order valence-electron chi connectivity index (χ0n) is 16.7. The summed E-state index contributed by atoms with van der Waals surface area (Å²) in [6.07, 6.45) is 1.94. The van der Waals surface area contributed by atoms with Crippen molar-refractivity contribution < 1.29 is 23.8 Å². The summed E-state index contributed by atoms with van der Waals surface area (Å²) in [5.74, 6) is 0.914. The number of hydrogen-bond acceptors (Lipinski definition) is 5. The molecule has 1 saturated heterocycles. The zero-order chi connectivity index (χ0) is 21.1. The number of carboxylic acid groups (broad SMARTS) is 1. The smallest absolute Gasteiger partial charge is 0.341 e. The fraction of sp³-hybridized carbons (Fsp3) is 0.364. The highest BCUT2D eigenvalue weighted by molar-refractivity contribution is 5.75. The van der Waals surface area contributed by atoms with Gasteiger partial charge in [0.2, 0.25) is 0 Å². The first-order valence-electron chi connectivity index (χ1n) is 9.91. The molecule has 158 valence electrons. The molecule has 0 spiro atoms. The van der Waals surface area contributed by atoms with E-state index in [1.54, 1.807) is 12.1 Å². The van der Waals surface area contributed by atoms with Crippen molar-refractivity contribution >= 4 is 17.0 Å². The van der Waals surface area contributed by atoms with E-state index in [1.165, 1.54) is 19.2 Å². The van der Waals surface area contributed by atoms with Gasteiger partial charge in [-0.05, 0) is 61.8 Å². The predicted molar refractivity (Wildman–Crippen MR) is 109 cm³/mol. The number of benzene rings is 2. The highest BCUT2D eigenvalue weighted by atomic mass is 19.1. The number of ether oxygens (including phenoxy) is 2. The number of H-pyrrole nitrogens is 1. The van der Waals surface area contributed by atoms with E-state index < -0.39 is 12.6 Å². The first-order valence-corrected chi connectivity index (χ1v) is 9.91. The number of piperidine rings is 1. The van der Waals surface area contributed by atoms with Crippen LogP contribution in [0.2, 0.25) is 0 Å². The lowest BCUT2D eigenvalue weighted by Gasteiger charge is -2.31. The maximum absolute atomic E-state index is 13.4. The van der Waals surface area contributed by atoms with Crippen LogP contribution in [-0.2, 0) is 11.3 Å². The second kappa shape index (κ2) is 8.71. The minimum Gasteiger partial charge on any atom is -0.493 e. The van der Waals surface area contributed by atoms with Crippen molar-refractivity contribution in [2.24, 2.45) is 0 Å². The van der Waals surface area contributed by atoms with Crippen molar-refractivity contribution in [2.45, 2.75) is 25.3 Å². The molecule has 1 fully saturated rings. The number of aliphatic carboxylic acids is 1. The van der Waals surface area contributed by atoms with Crippen LogP contribution in [0.25, 0.3) is 11.0 Å². The third kappa shape index (κ3) is 4.54. The number of imidazole rings is 1. The Bertz CT molecular complexity index is 1040. The molecule has 1 aliphatic heterocycles. The molecule has 4 rings (SSSR count). The third-order valence-corrected chi connectivity index (χ3v) is 5.42. The number of carboxylic acids is 1. The Morgan fingerprint density at radius 3 is 2.77 bits per heavy atom. The fourth-order valence-electron chi connectivity index (χ4n) is 3.89. The van der Waals surface area contributed by atoms with Crippen molar-refractivity contribution in [3.8, 4) is 11.5 Å². The summed E-state index contributed by atoms with van der Waals surface area (Å²) >= 11 is 0. The highest BCUT2D eigenvalue weighted by Crippen LogP contribution is 2.31. The molecule has 1 aliphatic rings. The standard InChI is InChI=1S/C22H24FN3O4/c1-29-20-10-14(2-5-19(20)30-13-21(27)28)12-26-8-6-15(7-9-26)22-24-17-4-3-16(23)11-18(17)25-22/h2-5,10-11,15H,6-9,12-13H2,1H3,(H,24,25)(H,27,28). The van der Waals surface area contributed by atoms with E-state index in [0.717, 1.165) is 54.9 Å². The van der Waals surface area contributed by atoms with Crippen LogP contribution in [0.4, 0.5) is 4.39 Å². The molecule has 8 heteroatoms.